The standard InChI is InChI=1S/C18H39NO/c1-3-5-7-9-11-12-14-16-18-19(20)17-15-13-10-8-6-4-2/h20H,3-18H2,1-2H3. The summed E-state index contributed by atoms with van der Waals surface area (Å²) in [5.41, 5.74) is 0. The molecule has 0 aromatic rings. The normalized spacial score (nSPS) is 11.4. The molecule has 0 atom stereocenters. The minimum Gasteiger partial charge on any atom is -0.314 e. The van der Waals surface area contributed by atoms with Gasteiger partial charge in [0.05, 0.1) is 0 Å². The molecule has 0 aromatic carbocycles. The number of hydrogen-bond donors (Lipinski definition) is 1. The van der Waals surface area contributed by atoms with Crippen molar-refractivity contribution in [3.05, 3.63) is 0 Å². The van der Waals surface area contributed by atoms with Gasteiger partial charge in [0.15, 0.2) is 0 Å². The van der Waals surface area contributed by atoms with E-state index in [2.05, 4.69) is 13.8 Å². The van der Waals surface area contributed by atoms with Gasteiger partial charge in [0, 0.05) is 13.1 Å². The van der Waals surface area contributed by atoms with E-state index in [1.165, 1.54) is 82.1 Å². The highest BCUT2D eigenvalue weighted by Gasteiger charge is 2.00. The quantitative estimate of drug-likeness (QED) is 0.270. The summed E-state index contributed by atoms with van der Waals surface area (Å²) >= 11 is 0. The maximum absolute atomic E-state index is 9.76. The Balaban J connectivity index is 3.10. The van der Waals surface area contributed by atoms with Crippen molar-refractivity contribution < 1.29 is 5.21 Å². The lowest BCUT2D eigenvalue weighted by Gasteiger charge is -2.14. The Morgan fingerprint density at radius 1 is 0.500 bits per heavy atom. The van der Waals surface area contributed by atoms with Crippen LogP contribution in [-0.2, 0) is 0 Å². The molecular formula is C18H39NO. The van der Waals surface area contributed by atoms with E-state index in [1.807, 2.05) is 0 Å². The first-order valence-electron chi connectivity index (χ1n) is 9.25. The summed E-state index contributed by atoms with van der Waals surface area (Å²) in [5.74, 6) is 0. The monoisotopic (exact) mass is 285 g/mol. The predicted octanol–water partition coefficient (Wildman–Crippen LogP) is 6.18. The first-order chi connectivity index (χ1) is 9.81. The molecule has 0 saturated carbocycles. The summed E-state index contributed by atoms with van der Waals surface area (Å²) in [6.07, 6.45) is 18.5. The molecule has 1 N–H and O–H groups in total. The molecule has 0 rings (SSSR count). The topological polar surface area (TPSA) is 23.5 Å². The van der Waals surface area contributed by atoms with Gasteiger partial charge in [-0.15, -0.1) is 0 Å². The number of rotatable bonds is 16. The van der Waals surface area contributed by atoms with E-state index in [0.29, 0.717) is 0 Å². The smallest absolute Gasteiger partial charge is 0.0238 e. The van der Waals surface area contributed by atoms with Crippen molar-refractivity contribution in [2.45, 2.75) is 104 Å². The molecule has 0 aliphatic rings. The van der Waals surface area contributed by atoms with Gasteiger partial charge in [-0.2, -0.15) is 5.06 Å². The summed E-state index contributed by atoms with van der Waals surface area (Å²) in [6, 6.07) is 0. The molecule has 0 radical (unpaired) electrons. The van der Waals surface area contributed by atoms with Crippen LogP contribution in [0.5, 0.6) is 0 Å². The van der Waals surface area contributed by atoms with Crippen molar-refractivity contribution in [3.8, 4) is 0 Å². The van der Waals surface area contributed by atoms with Gasteiger partial charge < -0.3 is 5.21 Å². The third-order valence-corrected chi connectivity index (χ3v) is 4.04. The maximum atomic E-state index is 9.76. The van der Waals surface area contributed by atoms with Crippen LogP contribution in [0.15, 0.2) is 0 Å². The van der Waals surface area contributed by atoms with Gasteiger partial charge in [0.25, 0.3) is 0 Å². The van der Waals surface area contributed by atoms with Crippen molar-refractivity contribution in [2.24, 2.45) is 0 Å². The maximum Gasteiger partial charge on any atom is 0.0238 e. The molecule has 0 unspecified atom stereocenters. The van der Waals surface area contributed by atoms with Gasteiger partial charge in [-0.3, -0.25) is 0 Å². The first-order valence-corrected chi connectivity index (χ1v) is 9.25. The minimum absolute atomic E-state index is 0.864. The van der Waals surface area contributed by atoms with Gasteiger partial charge in [-0.25, -0.2) is 0 Å². The molecule has 0 saturated heterocycles. The molecule has 2 heteroatoms. The molecule has 20 heavy (non-hydrogen) atoms. The number of hydrogen-bond acceptors (Lipinski definition) is 2. The lowest BCUT2D eigenvalue weighted by Crippen LogP contribution is -2.21. The molecule has 2 nitrogen and oxygen atoms in total. The zero-order valence-electron chi connectivity index (χ0n) is 14.2. The zero-order valence-corrected chi connectivity index (χ0v) is 14.2. The van der Waals surface area contributed by atoms with Crippen molar-refractivity contribution in [2.75, 3.05) is 13.1 Å². The first kappa shape index (κ1) is 19.9. The lowest BCUT2D eigenvalue weighted by atomic mass is 10.1. The SMILES string of the molecule is CCCCCCCCCCN(O)CCCCCCCC. The van der Waals surface area contributed by atoms with Gasteiger partial charge >= 0.3 is 0 Å². The molecule has 0 bridgehead atoms. The Bertz CT molecular complexity index is 173. The van der Waals surface area contributed by atoms with Gasteiger partial charge in [-0.05, 0) is 12.8 Å². The van der Waals surface area contributed by atoms with Crippen LogP contribution in [0.3, 0.4) is 0 Å². The average molecular weight is 286 g/mol. The minimum atomic E-state index is 0.864. The summed E-state index contributed by atoms with van der Waals surface area (Å²) in [4.78, 5) is 0. The van der Waals surface area contributed by atoms with Gasteiger partial charge in [-0.1, -0.05) is 90.9 Å². The highest BCUT2D eigenvalue weighted by atomic mass is 16.5. The average Bonchev–Trinajstić information content (AvgIpc) is 2.45. The Labute approximate surface area is 127 Å². The molecule has 0 aliphatic carbocycles. The van der Waals surface area contributed by atoms with Crippen molar-refractivity contribution in [3.63, 3.8) is 0 Å². The van der Waals surface area contributed by atoms with E-state index in [1.54, 1.807) is 0 Å². The third kappa shape index (κ3) is 16.0. The highest BCUT2D eigenvalue weighted by Crippen LogP contribution is 2.09. The summed E-state index contributed by atoms with van der Waals surface area (Å²) in [6.45, 7) is 6.24. The summed E-state index contributed by atoms with van der Waals surface area (Å²) in [5, 5.41) is 11.3. The molecule has 0 amide bonds. The fourth-order valence-corrected chi connectivity index (χ4v) is 2.61. The van der Waals surface area contributed by atoms with Crippen LogP contribution >= 0.6 is 0 Å². The second-order valence-corrected chi connectivity index (χ2v) is 6.20. The van der Waals surface area contributed by atoms with Crippen LogP contribution in [0, 0.1) is 0 Å². The number of hydroxylamine groups is 2. The molecule has 122 valence electrons. The number of unbranched alkanes of at least 4 members (excludes halogenated alkanes) is 12. The van der Waals surface area contributed by atoms with Crippen molar-refractivity contribution >= 4 is 0 Å². The van der Waals surface area contributed by atoms with E-state index >= 15 is 0 Å². The Kier molecular flexibility index (Phi) is 16.9. The van der Waals surface area contributed by atoms with Crippen LogP contribution in [0.4, 0.5) is 0 Å². The van der Waals surface area contributed by atoms with E-state index in [4.69, 9.17) is 0 Å². The second-order valence-electron chi connectivity index (χ2n) is 6.20. The van der Waals surface area contributed by atoms with Gasteiger partial charge in [0.1, 0.15) is 0 Å². The van der Waals surface area contributed by atoms with Crippen molar-refractivity contribution in [1.29, 1.82) is 0 Å². The van der Waals surface area contributed by atoms with E-state index in [-0.39, 0.29) is 0 Å². The molecule has 0 heterocycles. The second kappa shape index (κ2) is 17.0. The summed E-state index contributed by atoms with van der Waals surface area (Å²) < 4.78 is 0. The Morgan fingerprint density at radius 3 is 1.15 bits per heavy atom. The van der Waals surface area contributed by atoms with Crippen LogP contribution in [0.2, 0.25) is 0 Å². The predicted molar refractivity (Wildman–Crippen MR) is 89.3 cm³/mol. The largest absolute Gasteiger partial charge is 0.314 e. The van der Waals surface area contributed by atoms with E-state index < -0.39 is 0 Å². The summed E-state index contributed by atoms with van der Waals surface area (Å²) in [7, 11) is 0. The van der Waals surface area contributed by atoms with Crippen LogP contribution in [0.25, 0.3) is 0 Å². The number of nitrogens with zero attached hydrogens (tertiary/aromatic N) is 1. The molecule has 0 aromatic heterocycles. The molecular weight excluding hydrogens is 246 g/mol. The van der Waals surface area contributed by atoms with Gasteiger partial charge in [0.2, 0.25) is 0 Å². The molecule has 0 fully saturated rings. The van der Waals surface area contributed by atoms with Crippen molar-refractivity contribution in [1.82, 2.24) is 5.06 Å². The highest BCUT2D eigenvalue weighted by molar-refractivity contribution is 4.51. The fraction of sp³-hybridized carbons (Fsp3) is 1.00. The molecule has 0 spiro atoms. The van der Waals surface area contributed by atoms with Crippen LogP contribution < -0.4 is 0 Å². The Morgan fingerprint density at radius 2 is 0.800 bits per heavy atom. The third-order valence-electron chi connectivity index (χ3n) is 4.04. The lowest BCUT2D eigenvalue weighted by molar-refractivity contribution is -0.0925. The van der Waals surface area contributed by atoms with Crippen LogP contribution in [-0.4, -0.2) is 23.4 Å². The van der Waals surface area contributed by atoms with Crippen LogP contribution in [0.1, 0.15) is 104 Å². The zero-order chi connectivity index (χ0) is 14.9. The molecule has 0 aliphatic heterocycles. The van der Waals surface area contributed by atoms with E-state index in [9.17, 15) is 5.21 Å². The van der Waals surface area contributed by atoms with E-state index in [0.717, 1.165) is 25.9 Å². The Hall–Kier alpha value is -0.0800. The fourth-order valence-electron chi connectivity index (χ4n) is 2.61.